The molecule has 1 fully saturated rings. The molecule has 156 valence electrons. The van der Waals surface area contributed by atoms with Crippen LogP contribution in [0.3, 0.4) is 0 Å². The van der Waals surface area contributed by atoms with Gasteiger partial charge in [-0.3, -0.25) is 4.79 Å². The van der Waals surface area contributed by atoms with Crippen LogP contribution in [0.1, 0.15) is 11.1 Å². The summed E-state index contributed by atoms with van der Waals surface area (Å²) in [7, 11) is 0. The Bertz CT molecular complexity index is 914. The molecule has 1 aliphatic rings. The number of ether oxygens (including phenoxy) is 1. The van der Waals surface area contributed by atoms with E-state index in [1.54, 1.807) is 6.07 Å². The summed E-state index contributed by atoms with van der Waals surface area (Å²) in [5.74, 6) is -9.68. The lowest BCUT2D eigenvalue weighted by molar-refractivity contribution is -0.133. The van der Waals surface area contributed by atoms with Gasteiger partial charge in [0.15, 0.2) is 29.9 Å². The fourth-order valence-electron chi connectivity index (χ4n) is 3.24. The number of benzene rings is 2. The highest BCUT2D eigenvalue weighted by molar-refractivity contribution is 5.78. The molecule has 0 radical (unpaired) electrons. The molecule has 1 heterocycles. The van der Waals surface area contributed by atoms with Crippen molar-refractivity contribution < 1.29 is 31.5 Å². The molecule has 3 rings (SSSR count). The number of carbonyl (C=O) groups excluding carboxylic acids is 1. The van der Waals surface area contributed by atoms with Gasteiger partial charge in [0.1, 0.15) is 11.4 Å². The van der Waals surface area contributed by atoms with Gasteiger partial charge in [-0.2, -0.15) is 0 Å². The standard InChI is InChI=1S/C20H19F5N2O2/c1-11-3-4-13(12(2)9-11)29-10-14(28)26-5-7-27(8-6-26)20-18(24)16(22)15(21)17(23)19(20)25/h3-4,9H,5-8,10H2,1-2H3. The van der Waals surface area contributed by atoms with Crippen LogP contribution in [0.25, 0.3) is 0 Å². The second kappa shape index (κ2) is 8.26. The van der Waals surface area contributed by atoms with E-state index >= 15 is 0 Å². The number of amides is 1. The topological polar surface area (TPSA) is 32.8 Å². The average Bonchev–Trinajstić information content (AvgIpc) is 2.70. The van der Waals surface area contributed by atoms with E-state index in [4.69, 9.17) is 4.74 Å². The molecule has 0 spiro atoms. The van der Waals surface area contributed by atoms with Gasteiger partial charge in [0.2, 0.25) is 5.82 Å². The van der Waals surface area contributed by atoms with E-state index in [-0.39, 0.29) is 38.7 Å². The summed E-state index contributed by atoms with van der Waals surface area (Å²) >= 11 is 0. The van der Waals surface area contributed by atoms with Gasteiger partial charge >= 0.3 is 0 Å². The predicted octanol–water partition coefficient (Wildman–Crippen LogP) is 3.73. The average molecular weight is 414 g/mol. The van der Waals surface area contributed by atoms with E-state index in [2.05, 4.69) is 0 Å². The van der Waals surface area contributed by atoms with Gasteiger partial charge in [-0.15, -0.1) is 0 Å². The second-order valence-electron chi connectivity index (χ2n) is 6.84. The van der Waals surface area contributed by atoms with Gasteiger partial charge in [0.05, 0.1) is 0 Å². The minimum atomic E-state index is -2.19. The Morgan fingerprint density at radius 1 is 0.897 bits per heavy atom. The third-order valence-corrected chi connectivity index (χ3v) is 4.82. The highest BCUT2D eigenvalue weighted by atomic mass is 19.2. The van der Waals surface area contributed by atoms with Crippen LogP contribution in [0.5, 0.6) is 5.75 Å². The number of anilines is 1. The first-order valence-electron chi connectivity index (χ1n) is 8.95. The molecule has 0 aliphatic carbocycles. The highest BCUT2D eigenvalue weighted by Crippen LogP contribution is 2.30. The van der Waals surface area contributed by atoms with Gasteiger partial charge in [-0.25, -0.2) is 22.0 Å². The Balaban J connectivity index is 1.63. The Hall–Kier alpha value is -2.84. The van der Waals surface area contributed by atoms with E-state index in [0.717, 1.165) is 16.0 Å². The lowest BCUT2D eigenvalue weighted by Crippen LogP contribution is -2.50. The maximum Gasteiger partial charge on any atom is 0.260 e. The van der Waals surface area contributed by atoms with Crippen molar-refractivity contribution in [3.05, 3.63) is 58.4 Å². The summed E-state index contributed by atoms with van der Waals surface area (Å²) < 4.78 is 73.5. The van der Waals surface area contributed by atoms with Gasteiger partial charge < -0.3 is 14.5 Å². The zero-order valence-electron chi connectivity index (χ0n) is 15.9. The second-order valence-corrected chi connectivity index (χ2v) is 6.84. The van der Waals surface area contributed by atoms with Crippen LogP contribution < -0.4 is 9.64 Å². The molecule has 9 heteroatoms. The summed E-state index contributed by atoms with van der Waals surface area (Å²) in [5.41, 5.74) is 0.972. The van der Waals surface area contributed by atoms with Crippen LogP contribution >= 0.6 is 0 Å². The molecule has 4 nitrogen and oxygen atoms in total. The largest absolute Gasteiger partial charge is 0.484 e. The van der Waals surface area contributed by atoms with Crippen molar-refractivity contribution in [1.29, 1.82) is 0 Å². The molecule has 0 atom stereocenters. The minimum absolute atomic E-state index is 0.0641. The number of piperazine rings is 1. The van der Waals surface area contributed by atoms with Crippen molar-refractivity contribution in [3.8, 4) is 5.75 Å². The van der Waals surface area contributed by atoms with Gasteiger partial charge in [-0.05, 0) is 25.5 Å². The summed E-state index contributed by atoms with van der Waals surface area (Å²) in [5, 5.41) is 0. The molecular formula is C20H19F5N2O2. The van der Waals surface area contributed by atoms with Crippen molar-refractivity contribution >= 4 is 11.6 Å². The van der Waals surface area contributed by atoms with E-state index in [0.29, 0.717) is 5.75 Å². The van der Waals surface area contributed by atoms with E-state index < -0.39 is 34.8 Å². The maximum absolute atomic E-state index is 14.0. The number of hydrogen-bond acceptors (Lipinski definition) is 3. The molecule has 1 amide bonds. The monoisotopic (exact) mass is 414 g/mol. The molecule has 0 saturated carbocycles. The first-order chi connectivity index (χ1) is 13.7. The third-order valence-electron chi connectivity index (χ3n) is 4.82. The van der Waals surface area contributed by atoms with Crippen molar-refractivity contribution in [3.63, 3.8) is 0 Å². The molecule has 0 N–H and O–H groups in total. The van der Waals surface area contributed by atoms with Gasteiger partial charge in [0.25, 0.3) is 5.91 Å². The SMILES string of the molecule is Cc1ccc(OCC(=O)N2CCN(c3c(F)c(F)c(F)c(F)c3F)CC2)c(C)c1. The number of halogens is 5. The molecule has 0 bridgehead atoms. The first-order valence-corrected chi connectivity index (χ1v) is 8.95. The highest BCUT2D eigenvalue weighted by Gasteiger charge is 2.31. The first kappa shape index (κ1) is 20.9. The lowest BCUT2D eigenvalue weighted by Gasteiger charge is -2.36. The Morgan fingerprint density at radius 3 is 2.00 bits per heavy atom. The third kappa shape index (κ3) is 4.13. The Kier molecular flexibility index (Phi) is 5.95. The maximum atomic E-state index is 14.0. The van der Waals surface area contributed by atoms with Crippen LogP contribution in [-0.2, 0) is 4.79 Å². The summed E-state index contributed by atoms with van der Waals surface area (Å²) in [4.78, 5) is 14.8. The van der Waals surface area contributed by atoms with Crippen LogP contribution in [-0.4, -0.2) is 43.6 Å². The van der Waals surface area contributed by atoms with Crippen molar-refractivity contribution in [2.45, 2.75) is 13.8 Å². The number of hydrogen-bond donors (Lipinski definition) is 0. The summed E-state index contributed by atoms with van der Waals surface area (Å²) in [6.07, 6.45) is 0. The van der Waals surface area contributed by atoms with Crippen molar-refractivity contribution in [1.82, 2.24) is 4.90 Å². The normalized spacial score (nSPS) is 14.3. The molecular weight excluding hydrogens is 395 g/mol. The minimum Gasteiger partial charge on any atom is -0.484 e. The smallest absolute Gasteiger partial charge is 0.260 e. The van der Waals surface area contributed by atoms with Crippen LogP contribution in [0.15, 0.2) is 18.2 Å². The Morgan fingerprint density at radius 2 is 1.45 bits per heavy atom. The van der Waals surface area contributed by atoms with Crippen LogP contribution in [0.4, 0.5) is 27.6 Å². The zero-order valence-corrected chi connectivity index (χ0v) is 15.9. The molecule has 1 aliphatic heterocycles. The molecule has 2 aromatic rings. The summed E-state index contributed by atoms with van der Waals surface area (Å²) in [6.45, 7) is 3.55. The molecule has 1 saturated heterocycles. The molecule has 0 unspecified atom stereocenters. The molecule has 29 heavy (non-hydrogen) atoms. The quantitative estimate of drug-likeness (QED) is 0.434. The number of rotatable bonds is 4. The molecule has 0 aromatic heterocycles. The van der Waals surface area contributed by atoms with Crippen molar-refractivity contribution in [2.75, 3.05) is 37.7 Å². The van der Waals surface area contributed by atoms with Crippen LogP contribution in [0, 0.1) is 42.9 Å². The van der Waals surface area contributed by atoms with Crippen molar-refractivity contribution in [2.24, 2.45) is 0 Å². The number of aryl methyl sites for hydroxylation is 2. The number of nitrogens with zero attached hydrogens (tertiary/aromatic N) is 2. The summed E-state index contributed by atoms with van der Waals surface area (Å²) in [6, 6.07) is 5.54. The fourth-order valence-corrected chi connectivity index (χ4v) is 3.24. The number of carbonyl (C=O) groups is 1. The zero-order chi connectivity index (χ0) is 21.3. The Labute approximate surface area is 164 Å². The van der Waals surface area contributed by atoms with Crippen LogP contribution in [0.2, 0.25) is 0 Å². The van der Waals surface area contributed by atoms with E-state index in [9.17, 15) is 26.7 Å². The van der Waals surface area contributed by atoms with E-state index in [1.807, 2.05) is 26.0 Å². The van der Waals surface area contributed by atoms with Gasteiger partial charge in [0, 0.05) is 26.2 Å². The predicted molar refractivity (Wildman–Crippen MR) is 96.4 cm³/mol. The fraction of sp³-hybridized carbons (Fsp3) is 0.350. The lowest BCUT2D eigenvalue weighted by atomic mass is 10.1. The molecule has 2 aromatic carbocycles. The van der Waals surface area contributed by atoms with E-state index in [1.165, 1.54) is 4.90 Å². The van der Waals surface area contributed by atoms with Gasteiger partial charge in [-0.1, -0.05) is 17.7 Å².